The van der Waals surface area contributed by atoms with E-state index in [1.807, 2.05) is 0 Å². The number of pyridine rings is 1. The maximum absolute atomic E-state index is 12.4. The van der Waals surface area contributed by atoms with Crippen molar-refractivity contribution in [2.24, 2.45) is 5.41 Å². The van der Waals surface area contributed by atoms with Crippen molar-refractivity contribution in [3.05, 3.63) is 27.9 Å². The summed E-state index contributed by atoms with van der Waals surface area (Å²) in [5, 5.41) is 13.9. The van der Waals surface area contributed by atoms with Gasteiger partial charge in [-0.1, -0.05) is 26.7 Å². The molecule has 0 bridgehead atoms. The van der Waals surface area contributed by atoms with E-state index in [9.17, 15) is 14.9 Å². The molecule has 1 amide bonds. The normalized spacial score (nSPS) is 20.8. The van der Waals surface area contributed by atoms with Crippen molar-refractivity contribution in [1.82, 2.24) is 10.3 Å². The standard InChI is InChI=1S/C14H20N4O3/c1-14(2)6-4-3-5-11(14)17-13(19)9-7-12(15)16-8-10(9)18(20)21/h7-8,11H,3-6H2,1-2H3,(H2,15,16)(H,17,19). The number of hydrogen-bond donors (Lipinski definition) is 2. The minimum atomic E-state index is -0.618. The average Bonchev–Trinajstić information content (AvgIpc) is 2.40. The molecule has 1 aliphatic rings. The summed E-state index contributed by atoms with van der Waals surface area (Å²) in [6, 6.07) is 1.26. The number of carbonyl (C=O) groups excluding carboxylic acids is 1. The number of carbonyl (C=O) groups is 1. The van der Waals surface area contributed by atoms with Crippen molar-refractivity contribution in [1.29, 1.82) is 0 Å². The van der Waals surface area contributed by atoms with Crippen LogP contribution in [0.3, 0.4) is 0 Å². The Morgan fingerprint density at radius 3 is 2.86 bits per heavy atom. The second kappa shape index (κ2) is 5.67. The second-order valence-corrected chi connectivity index (χ2v) is 6.14. The maximum Gasteiger partial charge on any atom is 0.300 e. The molecular formula is C14H20N4O3. The Kier molecular flexibility index (Phi) is 4.11. The zero-order chi connectivity index (χ0) is 15.6. The molecule has 1 aromatic rings. The summed E-state index contributed by atoms with van der Waals surface area (Å²) in [7, 11) is 0. The van der Waals surface area contributed by atoms with E-state index < -0.39 is 10.8 Å². The predicted octanol–water partition coefficient (Wildman–Crippen LogP) is 2.27. The zero-order valence-electron chi connectivity index (χ0n) is 12.3. The third-order valence-electron chi connectivity index (χ3n) is 4.16. The van der Waals surface area contributed by atoms with Gasteiger partial charge in [0.25, 0.3) is 11.6 Å². The van der Waals surface area contributed by atoms with Gasteiger partial charge in [0.1, 0.15) is 17.6 Å². The van der Waals surface area contributed by atoms with Crippen LogP contribution in [0.4, 0.5) is 11.5 Å². The van der Waals surface area contributed by atoms with E-state index in [1.165, 1.54) is 6.07 Å². The summed E-state index contributed by atoms with van der Waals surface area (Å²) in [6.45, 7) is 4.21. The second-order valence-electron chi connectivity index (χ2n) is 6.14. The largest absolute Gasteiger partial charge is 0.384 e. The molecule has 0 saturated heterocycles. The van der Waals surface area contributed by atoms with Crippen molar-refractivity contribution < 1.29 is 9.72 Å². The quantitative estimate of drug-likeness (QED) is 0.655. The summed E-state index contributed by atoms with van der Waals surface area (Å²) in [6.07, 6.45) is 5.12. The average molecular weight is 292 g/mol. The molecule has 21 heavy (non-hydrogen) atoms. The van der Waals surface area contributed by atoms with Crippen LogP contribution >= 0.6 is 0 Å². The number of nitrogen functional groups attached to an aromatic ring is 1. The van der Waals surface area contributed by atoms with Crippen LogP contribution in [0.25, 0.3) is 0 Å². The lowest BCUT2D eigenvalue weighted by atomic mass is 9.73. The number of nitrogens with two attached hydrogens (primary N) is 1. The van der Waals surface area contributed by atoms with E-state index in [0.717, 1.165) is 31.9 Å². The molecule has 1 aromatic heterocycles. The maximum atomic E-state index is 12.4. The Bertz CT molecular complexity index is 571. The molecule has 1 fully saturated rings. The molecule has 2 rings (SSSR count). The third kappa shape index (κ3) is 3.29. The van der Waals surface area contributed by atoms with Gasteiger partial charge in [0, 0.05) is 6.04 Å². The highest BCUT2D eigenvalue weighted by atomic mass is 16.6. The fourth-order valence-electron chi connectivity index (χ4n) is 2.79. The van der Waals surface area contributed by atoms with Gasteiger partial charge in [-0.05, 0) is 24.3 Å². The molecule has 0 aliphatic heterocycles. The Labute approximate surface area is 123 Å². The number of nitrogens with zero attached hydrogens (tertiary/aromatic N) is 2. The Hall–Kier alpha value is -2.18. The summed E-state index contributed by atoms with van der Waals surface area (Å²) < 4.78 is 0. The molecule has 1 atom stereocenters. The lowest BCUT2D eigenvalue weighted by Crippen LogP contribution is -2.46. The van der Waals surface area contributed by atoms with Crippen molar-refractivity contribution in [3.63, 3.8) is 0 Å². The third-order valence-corrected chi connectivity index (χ3v) is 4.16. The molecule has 114 valence electrons. The molecule has 7 heteroatoms. The molecule has 0 radical (unpaired) electrons. The van der Waals surface area contributed by atoms with Crippen LogP contribution in [0, 0.1) is 15.5 Å². The first-order valence-electron chi connectivity index (χ1n) is 7.02. The fourth-order valence-corrected chi connectivity index (χ4v) is 2.79. The van der Waals surface area contributed by atoms with Crippen molar-refractivity contribution in [2.45, 2.75) is 45.6 Å². The van der Waals surface area contributed by atoms with E-state index in [2.05, 4.69) is 24.1 Å². The lowest BCUT2D eigenvalue weighted by Gasteiger charge is -2.39. The van der Waals surface area contributed by atoms with E-state index in [0.29, 0.717) is 0 Å². The van der Waals surface area contributed by atoms with Crippen LogP contribution in [-0.4, -0.2) is 21.9 Å². The SMILES string of the molecule is CC1(C)CCCCC1NC(=O)c1cc(N)ncc1[N+](=O)[O-]. The Morgan fingerprint density at radius 2 is 2.24 bits per heavy atom. The van der Waals surface area contributed by atoms with Gasteiger partial charge in [-0.2, -0.15) is 0 Å². The Balaban J connectivity index is 2.24. The van der Waals surface area contributed by atoms with Gasteiger partial charge in [0.15, 0.2) is 0 Å². The summed E-state index contributed by atoms with van der Waals surface area (Å²) in [5.74, 6) is -0.371. The molecule has 0 aromatic carbocycles. The number of rotatable bonds is 3. The van der Waals surface area contributed by atoms with Crippen LogP contribution in [0.15, 0.2) is 12.3 Å². The predicted molar refractivity (Wildman–Crippen MR) is 78.8 cm³/mol. The van der Waals surface area contributed by atoms with Gasteiger partial charge in [0.2, 0.25) is 0 Å². The van der Waals surface area contributed by atoms with Gasteiger partial charge in [0.05, 0.1) is 4.92 Å². The van der Waals surface area contributed by atoms with Gasteiger partial charge >= 0.3 is 0 Å². The zero-order valence-corrected chi connectivity index (χ0v) is 12.3. The van der Waals surface area contributed by atoms with Crippen molar-refractivity contribution >= 4 is 17.4 Å². The van der Waals surface area contributed by atoms with Crippen LogP contribution < -0.4 is 11.1 Å². The molecule has 1 saturated carbocycles. The first-order valence-corrected chi connectivity index (χ1v) is 7.02. The minimum Gasteiger partial charge on any atom is -0.384 e. The van der Waals surface area contributed by atoms with Crippen LogP contribution in [0.1, 0.15) is 49.9 Å². The fraction of sp³-hybridized carbons (Fsp3) is 0.571. The number of anilines is 1. The molecule has 1 aliphatic carbocycles. The molecule has 0 spiro atoms. The minimum absolute atomic E-state index is 0.00717. The molecule has 1 unspecified atom stereocenters. The van der Waals surface area contributed by atoms with Crippen molar-refractivity contribution in [3.8, 4) is 0 Å². The summed E-state index contributed by atoms with van der Waals surface area (Å²) in [5.41, 5.74) is 5.17. The van der Waals surface area contributed by atoms with Crippen LogP contribution in [0.5, 0.6) is 0 Å². The van der Waals surface area contributed by atoms with Gasteiger partial charge < -0.3 is 11.1 Å². The smallest absolute Gasteiger partial charge is 0.300 e. The Morgan fingerprint density at radius 1 is 1.52 bits per heavy atom. The molecule has 7 nitrogen and oxygen atoms in total. The number of nitro groups is 1. The van der Waals surface area contributed by atoms with Crippen LogP contribution in [0.2, 0.25) is 0 Å². The number of amides is 1. The van der Waals surface area contributed by atoms with Gasteiger partial charge in [-0.3, -0.25) is 14.9 Å². The van der Waals surface area contributed by atoms with Gasteiger partial charge in [-0.25, -0.2) is 4.98 Å². The number of hydrogen-bond acceptors (Lipinski definition) is 5. The highest BCUT2D eigenvalue weighted by Gasteiger charge is 2.34. The van der Waals surface area contributed by atoms with E-state index >= 15 is 0 Å². The first-order chi connectivity index (χ1) is 9.81. The first kappa shape index (κ1) is 15.2. The number of aromatic nitrogens is 1. The topological polar surface area (TPSA) is 111 Å². The van der Waals surface area contributed by atoms with E-state index in [-0.39, 0.29) is 28.5 Å². The summed E-state index contributed by atoms with van der Waals surface area (Å²) in [4.78, 5) is 26.4. The highest BCUT2D eigenvalue weighted by molar-refractivity contribution is 5.98. The highest BCUT2D eigenvalue weighted by Crippen LogP contribution is 2.35. The molecule has 3 N–H and O–H groups in total. The number of nitrogens with one attached hydrogen (secondary N) is 1. The lowest BCUT2D eigenvalue weighted by molar-refractivity contribution is -0.385. The van der Waals surface area contributed by atoms with E-state index in [4.69, 9.17) is 5.73 Å². The van der Waals surface area contributed by atoms with E-state index in [1.54, 1.807) is 0 Å². The summed E-state index contributed by atoms with van der Waals surface area (Å²) >= 11 is 0. The van der Waals surface area contributed by atoms with Crippen LogP contribution in [-0.2, 0) is 0 Å². The molecule has 1 heterocycles. The monoisotopic (exact) mass is 292 g/mol. The van der Waals surface area contributed by atoms with Gasteiger partial charge in [-0.15, -0.1) is 0 Å². The van der Waals surface area contributed by atoms with Crippen molar-refractivity contribution in [2.75, 3.05) is 5.73 Å². The molecular weight excluding hydrogens is 272 g/mol.